The average molecular weight is 336 g/mol. The number of hydrogen-bond donors (Lipinski definition) is 2. The van der Waals surface area contributed by atoms with Gasteiger partial charge in [0.1, 0.15) is 0 Å². The van der Waals surface area contributed by atoms with Crippen LogP contribution in [0, 0.1) is 0 Å². The smallest absolute Gasteiger partial charge is 0.260 e. The highest BCUT2D eigenvalue weighted by molar-refractivity contribution is 9.10. The van der Waals surface area contributed by atoms with Gasteiger partial charge in [0.25, 0.3) is 5.56 Å². The van der Waals surface area contributed by atoms with Crippen LogP contribution in [0.25, 0.3) is 10.9 Å². The molecule has 96 valence electrons. The van der Waals surface area contributed by atoms with Crippen molar-refractivity contribution in [2.75, 3.05) is 5.32 Å². The molecule has 0 fully saturated rings. The highest BCUT2D eigenvalue weighted by atomic mass is 79.9. The molecule has 0 spiro atoms. The standard InChI is InChI=1S/C13H10BrN3OS/c14-8-5-9(19-7-8)6-15-13-16-11-4-2-1-3-10(11)12(18)17-13/h1-5,7H,6H2,(H2,15,16,17,18). The van der Waals surface area contributed by atoms with Crippen LogP contribution in [-0.2, 0) is 6.54 Å². The number of H-pyrrole nitrogens is 1. The molecule has 0 amide bonds. The molecule has 0 unspecified atom stereocenters. The van der Waals surface area contributed by atoms with Crippen LogP contribution in [0.5, 0.6) is 0 Å². The molecule has 19 heavy (non-hydrogen) atoms. The van der Waals surface area contributed by atoms with Crippen LogP contribution in [0.15, 0.2) is 45.0 Å². The lowest BCUT2D eigenvalue weighted by atomic mass is 10.2. The molecule has 0 aliphatic carbocycles. The Labute approximate surface area is 121 Å². The second-order valence-corrected chi connectivity index (χ2v) is 5.93. The molecule has 0 radical (unpaired) electrons. The van der Waals surface area contributed by atoms with Crippen molar-refractivity contribution in [3.8, 4) is 0 Å². The molecule has 0 bridgehead atoms. The van der Waals surface area contributed by atoms with E-state index in [-0.39, 0.29) is 5.56 Å². The third-order valence-corrected chi connectivity index (χ3v) is 4.36. The number of thiophene rings is 1. The summed E-state index contributed by atoms with van der Waals surface area (Å²) in [6.45, 7) is 0.636. The lowest BCUT2D eigenvalue weighted by Gasteiger charge is -2.04. The molecule has 0 aliphatic rings. The highest BCUT2D eigenvalue weighted by Crippen LogP contribution is 2.20. The first-order valence-electron chi connectivity index (χ1n) is 5.68. The van der Waals surface area contributed by atoms with E-state index in [1.54, 1.807) is 17.4 Å². The van der Waals surface area contributed by atoms with Gasteiger partial charge in [0, 0.05) is 14.7 Å². The van der Waals surface area contributed by atoms with Crippen LogP contribution < -0.4 is 10.9 Å². The number of benzene rings is 1. The maximum atomic E-state index is 11.9. The van der Waals surface area contributed by atoms with Crippen LogP contribution in [0.1, 0.15) is 4.88 Å². The van der Waals surface area contributed by atoms with Gasteiger partial charge in [-0.15, -0.1) is 11.3 Å². The van der Waals surface area contributed by atoms with E-state index in [1.807, 2.05) is 29.6 Å². The zero-order valence-electron chi connectivity index (χ0n) is 9.81. The minimum Gasteiger partial charge on any atom is -0.351 e. The third-order valence-electron chi connectivity index (χ3n) is 2.66. The first-order valence-corrected chi connectivity index (χ1v) is 7.35. The maximum Gasteiger partial charge on any atom is 0.260 e. The van der Waals surface area contributed by atoms with Gasteiger partial charge in [0.15, 0.2) is 0 Å². The summed E-state index contributed by atoms with van der Waals surface area (Å²) in [5.41, 5.74) is 0.571. The van der Waals surface area contributed by atoms with E-state index in [2.05, 4.69) is 31.2 Å². The van der Waals surface area contributed by atoms with Crippen molar-refractivity contribution in [1.82, 2.24) is 9.97 Å². The van der Waals surface area contributed by atoms with Gasteiger partial charge < -0.3 is 5.32 Å². The number of rotatable bonds is 3. The largest absolute Gasteiger partial charge is 0.351 e. The van der Waals surface area contributed by atoms with E-state index in [9.17, 15) is 4.79 Å². The molecule has 0 saturated carbocycles. The Hall–Kier alpha value is -1.66. The molecule has 2 heterocycles. The van der Waals surface area contributed by atoms with Crippen molar-refractivity contribution in [2.24, 2.45) is 0 Å². The van der Waals surface area contributed by atoms with E-state index >= 15 is 0 Å². The zero-order valence-corrected chi connectivity index (χ0v) is 12.2. The molecule has 0 saturated heterocycles. The number of hydrogen-bond acceptors (Lipinski definition) is 4. The molecule has 1 aromatic carbocycles. The van der Waals surface area contributed by atoms with Crippen LogP contribution in [0.2, 0.25) is 0 Å². The van der Waals surface area contributed by atoms with Gasteiger partial charge in [-0.05, 0) is 34.1 Å². The van der Waals surface area contributed by atoms with Crippen molar-refractivity contribution in [3.63, 3.8) is 0 Å². The third kappa shape index (κ3) is 2.69. The van der Waals surface area contributed by atoms with Crippen molar-refractivity contribution in [2.45, 2.75) is 6.54 Å². The molecular weight excluding hydrogens is 326 g/mol. The zero-order chi connectivity index (χ0) is 13.2. The second kappa shape index (κ2) is 5.14. The first-order chi connectivity index (χ1) is 9.22. The minimum atomic E-state index is -0.125. The Morgan fingerprint density at radius 1 is 1.37 bits per heavy atom. The Morgan fingerprint density at radius 2 is 2.21 bits per heavy atom. The summed E-state index contributed by atoms with van der Waals surface area (Å²) in [5, 5.41) is 5.76. The van der Waals surface area contributed by atoms with Crippen molar-refractivity contribution in [1.29, 1.82) is 0 Å². The monoisotopic (exact) mass is 335 g/mol. The predicted molar refractivity (Wildman–Crippen MR) is 81.7 cm³/mol. The second-order valence-electron chi connectivity index (χ2n) is 4.02. The molecular formula is C13H10BrN3OS. The number of nitrogens with zero attached hydrogens (tertiary/aromatic N) is 1. The van der Waals surface area contributed by atoms with E-state index in [0.29, 0.717) is 23.4 Å². The van der Waals surface area contributed by atoms with Gasteiger partial charge in [-0.2, -0.15) is 0 Å². The number of halogens is 1. The number of anilines is 1. The van der Waals surface area contributed by atoms with Crippen molar-refractivity contribution < 1.29 is 0 Å². The van der Waals surface area contributed by atoms with Gasteiger partial charge in [0.2, 0.25) is 5.95 Å². The van der Waals surface area contributed by atoms with Crippen molar-refractivity contribution >= 4 is 44.1 Å². The van der Waals surface area contributed by atoms with E-state index in [0.717, 1.165) is 4.47 Å². The van der Waals surface area contributed by atoms with Gasteiger partial charge in [0.05, 0.1) is 17.4 Å². The Morgan fingerprint density at radius 3 is 3.00 bits per heavy atom. The molecule has 2 aromatic heterocycles. The molecule has 6 heteroatoms. The van der Waals surface area contributed by atoms with Gasteiger partial charge >= 0.3 is 0 Å². The van der Waals surface area contributed by atoms with E-state index in [4.69, 9.17) is 0 Å². The summed E-state index contributed by atoms with van der Waals surface area (Å²) < 4.78 is 1.06. The number of aromatic nitrogens is 2. The van der Waals surface area contributed by atoms with Crippen molar-refractivity contribution in [3.05, 3.63) is 55.4 Å². The number of fused-ring (bicyclic) bond motifs is 1. The fourth-order valence-corrected chi connectivity index (χ4v) is 3.18. The number of aromatic amines is 1. The molecule has 0 atom stereocenters. The summed E-state index contributed by atoms with van der Waals surface area (Å²) in [4.78, 5) is 20.2. The van der Waals surface area contributed by atoms with Gasteiger partial charge in [-0.1, -0.05) is 12.1 Å². The fraction of sp³-hybridized carbons (Fsp3) is 0.0769. The van der Waals surface area contributed by atoms with E-state index in [1.165, 1.54) is 4.88 Å². The predicted octanol–water partition coefficient (Wildman–Crippen LogP) is 3.36. The number of nitrogens with one attached hydrogen (secondary N) is 2. The number of para-hydroxylation sites is 1. The Kier molecular flexibility index (Phi) is 3.35. The summed E-state index contributed by atoms with van der Waals surface area (Å²) in [5.74, 6) is 0.494. The quantitative estimate of drug-likeness (QED) is 0.771. The molecule has 3 rings (SSSR count). The summed E-state index contributed by atoms with van der Waals surface area (Å²) in [7, 11) is 0. The van der Waals surface area contributed by atoms with Gasteiger partial charge in [-0.25, -0.2) is 4.98 Å². The van der Waals surface area contributed by atoms with Crippen LogP contribution in [-0.4, -0.2) is 9.97 Å². The first kappa shape index (κ1) is 12.4. The normalized spacial score (nSPS) is 10.8. The SMILES string of the molecule is O=c1[nH]c(NCc2cc(Br)cs2)nc2ccccc12. The molecule has 2 N–H and O–H groups in total. The minimum absolute atomic E-state index is 0.125. The Balaban J connectivity index is 1.87. The topological polar surface area (TPSA) is 57.8 Å². The summed E-state index contributed by atoms with van der Waals surface area (Å²) >= 11 is 5.06. The lowest BCUT2D eigenvalue weighted by Crippen LogP contribution is -2.12. The van der Waals surface area contributed by atoms with Gasteiger partial charge in [-0.3, -0.25) is 9.78 Å². The van der Waals surface area contributed by atoms with Crippen LogP contribution in [0.3, 0.4) is 0 Å². The lowest BCUT2D eigenvalue weighted by molar-refractivity contribution is 1.07. The van der Waals surface area contributed by atoms with Crippen LogP contribution >= 0.6 is 27.3 Å². The molecule has 4 nitrogen and oxygen atoms in total. The van der Waals surface area contributed by atoms with E-state index < -0.39 is 0 Å². The van der Waals surface area contributed by atoms with Crippen LogP contribution in [0.4, 0.5) is 5.95 Å². The Bertz CT molecular complexity index is 781. The molecule has 3 aromatic rings. The average Bonchev–Trinajstić information content (AvgIpc) is 2.82. The summed E-state index contributed by atoms with van der Waals surface area (Å²) in [6, 6.07) is 9.33. The highest BCUT2D eigenvalue weighted by Gasteiger charge is 2.03. The molecule has 0 aliphatic heterocycles. The summed E-state index contributed by atoms with van der Waals surface area (Å²) in [6.07, 6.45) is 0. The maximum absolute atomic E-state index is 11.9. The fourth-order valence-electron chi connectivity index (χ4n) is 1.79.